The van der Waals surface area contributed by atoms with Gasteiger partial charge < -0.3 is 5.32 Å². The van der Waals surface area contributed by atoms with Crippen molar-refractivity contribution >= 4 is 5.78 Å². The summed E-state index contributed by atoms with van der Waals surface area (Å²) in [5, 5.41) is 3.43. The number of hydrogen-bond acceptors (Lipinski definition) is 2. The number of carbonyl (C=O) groups is 1. The summed E-state index contributed by atoms with van der Waals surface area (Å²) in [5.41, 5.74) is 2.71. The molecule has 3 rings (SSSR count). The standard InChI is InChI=1S/C16H19NO/c18-15-9-14(10-16(11-15)7-4-8-16)17-12-13-5-2-1-3-6-13/h1-3,5-6,9,17H,4,7-8,10-12H2. The van der Waals surface area contributed by atoms with Crippen molar-refractivity contribution in [3.8, 4) is 0 Å². The summed E-state index contributed by atoms with van der Waals surface area (Å²) in [5.74, 6) is 0.302. The van der Waals surface area contributed by atoms with Gasteiger partial charge in [0.25, 0.3) is 0 Å². The first-order chi connectivity index (χ1) is 8.76. The molecule has 1 aromatic rings. The number of allylic oxidation sites excluding steroid dienone is 2. The highest BCUT2D eigenvalue weighted by atomic mass is 16.1. The Bertz CT molecular complexity index is 471. The van der Waals surface area contributed by atoms with Crippen LogP contribution in [0.2, 0.25) is 0 Å². The van der Waals surface area contributed by atoms with Crippen molar-refractivity contribution in [2.45, 2.75) is 38.6 Å². The highest BCUT2D eigenvalue weighted by Crippen LogP contribution is 2.50. The van der Waals surface area contributed by atoms with Crippen LogP contribution >= 0.6 is 0 Å². The Balaban J connectivity index is 1.64. The number of ketones is 1. The predicted molar refractivity (Wildman–Crippen MR) is 71.9 cm³/mol. The van der Waals surface area contributed by atoms with E-state index in [9.17, 15) is 4.79 Å². The SMILES string of the molecule is O=C1C=C(NCc2ccccc2)CC2(CCC2)C1. The van der Waals surface area contributed by atoms with E-state index in [-0.39, 0.29) is 0 Å². The molecule has 0 radical (unpaired) electrons. The highest BCUT2D eigenvalue weighted by Gasteiger charge is 2.41. The van der Waals surface area contributed by atoms with Gasteiger partial charge in [0.05, 0.1) is 0 Å². The number of benzene rings is 1. The molecule has 1 spiro atoms. The second-order valence-electron chi connectivity index (χ2n) is 5.68. The third kappa shape index (κ3) is 2.33. The molecule has 2 nitrogen and oxygen atoms in total. The first kappa shape index (κ1) is 11.5. The maximum Gasteiger partial charge on any atom is 0.157 e. The average Bonchev–Trinajstić information content (AvgIpc) is 2.35. The summed E-state index contributed by atoms with van der Waals surface area (Å²) in [4.78, 5) is 11.8. The summed E-state index contributed by atoms with van der Waals surface area (Å²) in [7, 11) is 0. The Morgan fingerprint density at radius 2 is 1.89 bits per heavy atom. The Morgan fingerprint density at radius 3 is 2.56 bits per heavy atom. The molecule has 94 valence electrons. The smallest absolute Gasteiger partial charge is 0.157 e. The quantitative estimate of drug-likeness (QED) is 0.880. The van der Waals surface area contributed by atoms with E-state index in [4.69, 9.17) is 0 Å². The molecule has 2 heteroatoms. The van der Waals surface area contributed by atoms with E-state index in [1.165, 1.54) is 24.8 Å². The monoisotopic (exact) mass is 241 g/mol. The lowest BCUT2D eigenvalue weighted by Gasteiger charge is -2.44. The minimum Gasteiger partial charge on any atom is -0.384 e. The molecular weight excluding hydrogens is 222 g/mol. The van der Waals surface area contributed by atoms with Gasteiger partial charge in [0.1, 0.15) is 0 Å². The minimum atomic E-state index is 0.302. The van der Waals surface area contributed by atoms with Crippen molar-refractivity contribution in [1.29, 1.82) is 0 Å². The van der Waals surface area contributed by atoms with Gasteiger partial charge >= 0.3 is 0 Å². The van der Waals surface area contributed by atoms with Gasteiger partial charge in [-0.3, -0.25) is 4.79 Å². The molecular formula is C16H19NO. The van der Waals surface area contributed by atoms with Crippen LogP contribution in [-0.4, -0.2) is 5.78 Å². The fraction of sp³-hybridized carbons (Fsp3) is 0.438. The zero-order chi connectivity index (χ0) is 12.4. The van der Waals surface area contributed by atoms with E-state index in [1.54, 1.807) is 0 Å². The fourth-order valence-electron chi connectivity index (χ4n) is 3.09. The molecule has 1 N–H and O–H groups in total. The highest BCUT2D eigenvalue weighted by molar-refractivity contribution is 5.91. The largest absolute Gasteiger partial charge is 0.384 e. The molecule has 2 aliphatic rings. The molecule has 0 heterocycles. The van der Waals surface area contributed by atoms with Crippen molar-refractivity contribution in [3.05, 3.63) is 47.7 Å². The molecule has 0 aliphatic heterocycles. The third-order valence-corrected chi connectivity index (χ3v) is 4.23. The molecule has 1 aromatic carbocycles. The number of rotatable bonds is 3. The van der Waals surface area contributed by atoms with Crippen molar-refractivity contribution in [3.63, 3.8) is 0 Å². The van der Waals surface area contributed by atoms with Crippen molar-refractivity contribution in [1.82, 2.24) is 5.32 Å². The first-order valence-electron chi connectivity index (χ1n) is 6.77. The van der Waals surface area contributed by atoms with E-state index in [0.29, 0.717) is 11.2 Å². The van der Waals surface area contributed by atoms with Gasteiger partial charge in [0, 0.05) is 24.7 Å². The van der Waals surface area contributed by atoms with Crippen LogP contribution < -0.4 is 5.32 Å². The van der Waals surface area contributed by atoms with Crippen LogP contribution in [0.3, 0.4) is 0 Å². The molecule has 0 unspecified atom stereocenters. The Morgan fingerprint density at radius 1 is 1.11 bits per heavy atom. The maximum absolute atomic E-state index is 11.8. The Kier molecular flexibility index (Phi) is 2.94. The van der Waals surface area contributed by atoms with Gasteiger partial charge in [0.15, 0.2) is 5.78 Å². The van der Waals surface area contributed by atoms with Crippen LogP contribution in [0.15, 0.2) is 42.1 Å². The zero-order valence-corrected chi connectivity index (χ0v) is 10.6. The number of carbonyl (C=O) groups excluding carboxylic acids is 1. The Labute approximate surface area is 108 Å². The van der Waals surface area contributed by atoms with E-state index < -0.39 is 0 Å². The second-order valence-corrected chi connectivity index (χ2v) is 5.68. The molecule has 0 amide bonds. The summed E-state index contributed by atoms with van der Waals surface area (Å²) in [6, 6.07) is 10.3. The third-order valence-electron chi connectivity index (χ3n) is 4.23. The zero-order valence-electron chi connectivity index (χ0n) is 10.6. The van der Waals surface area contributed by atoms with Crippen LogP contribution in [0.5, 0.6) is 0 Å². The lowest BCUT2D eigenvalue weighted by Crippen LogP contribution is -2.37. The van der Waals surface area contributed by atoms with Gasteiger partial charge in [-0.15, -0.1) is 0 Å². The van der Waals surface area contributed by atoms with Gasteiger partial charge in [-0.2, -0.15) is 0 Å². The van der Waals surface area contributed by atoms with Gasteiger partial charge in [-0.1, -0.05) is 36.8 Å². The normalized spacial score (nSPS) is 21.3. The lowest BCUT2D eigenvalue weighted by atomic mass is 9.61. The molecule has 1 saturated carbocycles. The number of hydrogen-bond donors (Lipinski definition) is 1. The van der Waals surface area contributed by atoms with E-state index in [1.807, 2.05) is 24.3 Å². The summed E-state index contributed by atoms with van der Waals surface area (Å²) < 4.78 is 0. The topological polar surface area (TPSA) is 29.1 Å². The van der Waals surface area contributed by atoms with E-state index >= 15 is 0 Å². The van der Waals surface area contributed by atoms with Crippen molar-refractivity contribution in [2.24, 2.45) is 5.41 Å². The van der Waals surface area contributed by atoms with Gasteiger partial charge in [0.2, 0.25) is 0 Å². The number of nitrogens with one attached hydrogen (secondary N) is 1. The molecule has 0 saturated heterocycles. The molecule has 0 bridgehead atoms. The van der Waals surface area contributed by atoms with Crippen LogP contribution in [0, 0.1) is 5.41 Å². The molecule has 0 atom stereocenters. The Hall–Kier alpha value is -1.57. The minimum absolute atomic E-state index is 0.302. The fourth-order valence-corrected chi connectivity index (χ4v) is 3.09. The van der Waals surface area contributed by atoms with E-state index in [0.717, 1.165) is 25.1 Å². The van der Waals surface area contributed by atoms with Crippen molar-refractivity contribution in [2.75, 3.05) is 0 Å². The van der Waals surface area contributed by atoms with Crippen LogP contribution in [0.25, 0.3) is 0 Å². The van der Waals surface area contributed by atoms with Gasteiger partial charge in [-0.05, 0) is 30.2 Å². The maximum atomic E-state index is 11.8. The summed E-state index contributed by atoms with van der Waals surface area (Å²) in [6.45, 7) is 0.816. The van der Waals surface area contributed by atoms with Crippen molar-refractivity contribution < 1.29 is 4.79 Å². The van der Waals surface area contributed by atoms with Crippen LogP contribution in [0.1, 0.15) is 37.7 Å². The molecule has 1 fully saturated rings. The molecule has 2 aliphatic carbocycles. The van der Waals surface area contributed by atoms with Crippen LogP contribution in [-0.2, 0) is 11.3 Å². The predicted octanol–water partition coefficient (Wildman–Crippen LogP) is 3.19. The summed E-state index contributed by atoms with van der Waals surface area (Å²) >= 11 is 0. The molecule has 0 aromatic heterocycles. The lowest BCUT2D eigenvalue weighted by molar-refractivity contribution is -0.119. The second kappa shape index (κ2) is 4.60. The van der Waals surface area contributed by atoms with E-state index in [2.05, 4.69) is 17.4 Å². The molecule has 18 heavy (non-hydrogen) atoms. The van der Waals surface area contributed by atoms with Gasteiger partial charge in [-0.25, -0.2) is 0 Å². The summed E-state index contributed by atoms with van der Waals surface area (Å²) in [6.07, 6.45) is 7.38. The first-order valence-corrected chi connectivity index (χ1v) is 6.77. The van der Waals surface area contributed by atoms with Crippen LogP contribution in [0.4, 0.5) is 0 Å². The average molecular weight is 241 g/mol.